The van der Waals surface area contributed by atoms with Crippen molar-refractivity contribution in [1.29, 1.82) is 0 Å². The average Bonchev–Trinajstić information content (AvgIpc) is 3.09. The molecule has 1 aromatic carbocycles. The number of hydrogen-bond acceptors (Lipinski definition) is 2. The van der Waals surface area contributed by atoms with Gasteiger partial charge in [0.2, 0.25) is 0 Å². The fourth-order valence-electron chi connectivity index (χ4n) is 3.49. The molecule has 1 fully saturated rings. The molecule has 0 aromatic heterocycles. The SMILES string of the molecule is CCNC(=NCCc1ccc(C)cc1)N1CCC(CN(CC)CC)C1.I. The van der Waals surface area contributed by atoms with Gasteiger partial charge in [0.15, 0.2) is 5.96 Å². The van der Waals surface area contributed by atoms with Crippen LogP contribution in [0.25, 0.3) is 0 Å². The third-order valence-corrected chi connectivity index (χ3v) is 5.11. The van der Waals surface area contributed by atoms with Gasteiger partial charge in [0.1, 0.15) is 0 Å². The van der Waals surface area contributed by atoms with E-state index in [0.29, 0.717) is 0 Å². The Morgan fingerprint density at radius 2 is 1.88 bits per heavy atom. The minimum Gasteiger partial charge on any atom is -0.357 e. The van der Waals surface area contributed by atoms with E-state index in [1.165, 1.54) is 24.1 Å². The van der Waals surface area contributed by atoms with Gasteiger partial charge in [0.05, 0.1) is 0 Å². The Balaban J connectivity index is 0.00000338. The van der Waals surface area contributed by atoms with Crippen LogP contribution in [0.3, 0.4) is 0 Å². The summed E-state index contributed by atoms with van der Waals surface area (Å²) in [5, 5.41) is 3.48. The third kappa shape index (κ3) is 7.43. The van der Waals surface area contributed by atoms with Crippen LogP contribution < -0.4 is 5.32 Å². The molecule has 1 atom stereocenters. The zero-order chi connectivity index (χ0) is 18.1. The molecule has 1 unspecified atom stereocenters. The van der Waals surface area contributed by atoms with E-state index in [1.54, 1.807) is 0 Å². The summed E-state index contributed by atoms with van der Waals surface area (Å²) in [5.74, 6) is 1.86. The molecule has 1 aliphatic heterocycles. The van der Waals surface area contributed by atoms with Gasteiger partial charge in [0.25, 0.3) is 0 Å². The number of nitrogens with one attached hydrogen (secondary N) is 1. The first-order valence-corrected chi connectivity index (χ1v) is 9.97. The first-order chi connectivity index (χ1) is 12.2. The molecule has 26 heavy (non-hydrogen) atoms. The molecule has 5 heteroatoms. The van der Waals surface area contributed by atoms with Gasteiger partial charge in [-0.05, 0) is 51.3 Å². The lowest BCUT2D eigenvalue weighted by Gasteiger charge is -2.24. The van der Waals surface area contributed by atoms with Crippen LogP contribution in [0.15, 0.2) is 29.3 Å². The maximum Gasteiger partial charge on any atom is 0.193 e. The third-order valence-electron chi connectivity index (χ3n) is 5.11. The summed E-state index contributed by atoms with van der Waals surface area (Å²) >= 11 is 0. The van der Waals surface area contributed by atoms with E-state index in [9.17, 15) is 0 Å². The normalized spacial score (nSPS) is 17.5. The minimum absolute atomic E-state index is 0. The molecule has 0 spiro atoms. The average molecular weight is 472 g/mol. The molecule has 1 N–H and O–H groups in total. The molecule has 0 aliphatic carbocycles. The van der Waals surface area contributed by atoms with E-state index in [1.807, 2.05) is 0 Å². The monoisotopic (exact) mass is 472 g/mol. The lowest BCUT2D eigenvalue weighted by Crippen LogP contribution is -2.41. The highest BCUT2D eigenvalue weighted by atomic mass is 127. The number of rotatable bonds is 8. The van der Waals surface area contributed by atoms with Crippen molar-refractivity contribution in [2.24, 2.45) is 10.9 Å². The molecule has 0 saturated carbocycles. The Bertz CT molecular complexity index is 525. The van der Waals surface area contributed by atoms with Gasteiger partial charge < -0.3 is 15.1 Å². The minimum atomic E-state index is 0. The van der Waals surface area contributed by atoms with Crippen molar-refractivity contribution in [3.63, 3.8) is 0 Å². The first-order valence-electron chi connectivity index (χ1n) is 9.97. The topological polar surface area (TPSA) is 30.9 Å². The van der Waals surface area contributed by atoms with Crippen molar-refractivity contribution >= 4 is 29.9 Å². The molecule has 148 valence electrons. The van der Waals surface area contributed by atoms with Crippen molar-refractivity contribution in [3.05, 3.63) is 35.4 Å². The number of guanidine groups is 1. The second-order valence-corrected chi connectivity index (χ2v) is 7.06. The smallest absolute Gasteiger partial charge is 0.193 e. The van der Waals surface area contributed by atoms with Crippen LogP contribution in [0.2, 0.25) is 0 Å². The molecule has 0 radical (unpaired) electrons. The molecule has 2 rings (SSSR count). The van der Waals surface area contributed by atoms with Gasteiger partial charge in [-0.2, -0.15) is 0 Å². The van der Waals surface area contributed by atoms with Crippen LogP contribution in [0.1, 0.15) is 38.3 Å². The van der Waals surface area contributed by atoms with Gasteiger partial charge >= 0.3 is 0 Å². The van der Waals surface area contributed by atoms with Gasteiger partial charge in [-0.25, -0.2) is 0 Å². The highest BCUT2D eigenvalue weighted by Gasteiger charge is 2.25. The van der Waals surface area contributed by atoms with Crippen LogP contribution in [-0.4, -0.2) is 61.6 Å². The molecule has 1 heterocycles. The van der Waals surface area contributed by atoms with E-state index in [4.69, 9.17) is 4.99 Å². The van der Waals surface area contributed by atoms with E-state index in [2.05, 4.69) is 67.1 Å². The van der Waals surface area contributed by atoms with E-state index < -0.39 is 0 Å². The Hall–Kier alpha value is -0.820. The summed E-state index contributed by atoms with van der Waals surface area (Å²) in [6.07, 6.45) is 2.28. The highest BCUT2D eigenvalue weighted by Crippen LogP contribution is 2.17. The van der Waals surface area contributed by atoms with Crippen LogP contribution in [-0.2, 0) is 6.42 Å². The number of halogens is 1. The molecule has 1 aromatic rings. The standard InChI is InChI=1S/C21H36N4.HI/c1-5-22-21(23-14-12-19-10-8-18(4)9-11-19)25-15-13-20(17-25)16-24(6-2)7-3;/h8-11,20H,5-7,12-17H2,1-4H3,(H,22,23);1H. The van der Waals surface area contributed by atoms with E-state index >= 15 is 0 Å². The number of benzene rings is 1. The molecule has 0 bridgehead atoms. The zero-order valence-electron chi connectivity index (χ0n) is 17.0. The molecule has 1 saturated heterocycles. The quantitative estimate of drug-likeness (QED) is 0.355. The second kappa shape index (κ2) is 12.5. The highest BCUT2D eigenvalue weighted by molar-refractivity contribution is 14.0. The maximum atomic E-state index is 4.88. The van der Waals surface area contributed by atoms with Gasteiger partial charge in [0, 0.05) is 32.7 Å². The van der Waals surface area contributed by atoms with Crippen molar-refractivity contribution < 1.29 is 0 Å². The fraction of sp³-hybridized carbons (Fsp3) is 0.667. The zero-order valence-corrected chi connectivity index (χ0v) is 19.3. The first kappa shape index (κ1) is 23.2. The van der Waals surface area contributed by atoms with E-state index in [-0.39, 0.29) is 24.0 Å². The Morgan fingerprint density at radius 3 is 2.50 bits per heavy atom. The summed E-state index contributed by atoms with van der Waals surface area (Å²) in [7, 11) is 0. The largest absolute Gasteiger partial charge is 0.357 e. The number of nitrogens with zero attached hydrogens (tertiary/aromatic N) is 3. The van der Waals surface area contributed by atoms with Gasteiger partial charge in [-0.1, -0.05) is 43.7 Å². The summed E-state index contributed by atoms with van der Waals surface area (Å²) in [5.41, 5.74) is 2.68. The predicted molar refractivity (Wildman–Crippen MR) is 124 cm³/mol. The van der Waals surface area contributed by atoms with Crippen molar-refractivity contribution in [2.45, 2.75) is 40.5 Å². The number of aryl methyl sites for hydroxylation is 1. The molecular formula is C21H37IN4. The van der Waals surface area contributed by atoms with Crippen LogP contribution >= 0.6 is 24.0 Å². The van der Waals surface area contributed by atoms with Crippen LogP contribution in [0, 0.1) is 12.8 Å². The Labute approximate surface area is 177 Å². The number of hydrogen-bond donors (Lipinski definition) is 1. The second-order valence-electron chi connectivity index (χ2n) is 7.06. The van der Waals surface area contributed by atoms with Crippen LogP contribution in [0.4, 0.5) is 0 Å². The van der Waals surface area contributed by atoms with Crippen molar-refractivity contribution in [2.75, 3.05) is 45.8 Å². The molecule has 0 amide bonds. The lowest BCUT2D eigenvalue weighted by molar-refractivity contribution is 0.255. The summed E-state index contributed by atoms with van der Waals surface area (Å²) in [6, 6.07) is 8.80. The predicted octanol–water partition coefficient (Wildman–Crippen LogP) is 3.78. The maximum absolute atomic E-state index is 4.88. The van der Waals surface area contributed by atoms with E-state index in [0.717, 1.165) is 57.6 Å². The van der Waals surface area contributed by atoms with Crippen molar-refractivity contribution in [1.82, 2.24) is 15.1 Å². The molecule has 4 nitrogen and oxygen atoms in total. The Kier molecular flexibility index (Phi) is 11.2. The van der Waals surface area contributed by atoms with Gasteiger partial charge in [-0.15, -0.1) is 24.0 Å². The fourth-order valence-corrected chi connectivity index (χ4v) is 3.49. The molecule has 1 aliphatic rings. The van der Waals surface area contributed by atoms with Gasteiger partial charge in [-0.3, -0.25) is 4.99 Å². The Morgan fingerprint density at radius 1 is 1.19 bits per heavy atom. The van der Waals surface area contributed by atoms with Crippen LogP contribution in [0.5, 0.6) is 0 Å². The number of likely N-dealkylation sites (tertiary alicyclic amines) is 1. The van der Waals surface area contributed by atoms with Crippen molar-refractivity contribution in [3.8, 4) is 0 Å². The number of aliphatic imine (C=N–C) groups is 1. The summed E-state index contributed by atoms with van der Waals surface area (Å²) in [4.78, 5) is 9.87. The summed E-state index contributed by atoms with van der Waals surface area (Å²) < 4.78 is 0. The summed E-state index contributed by atoms with van der Waals surface area (Å²) in [6.45, 7) is 16.4. The lowest BCUT2D eigenvalue weighted by atomic mass is 10.1. The molecular weight excluding hydrogens is 435 g/mol.